The minimum atomic E-state index is -1.09. The van der Waals surface area contributed by atoms with Gasteiger partial charge in [-0.15, -0.1) is 0 Å². The molecule has 0 fully saturated rings. The SMILES string of the molecule is Cc1c(CN(Cc2cccnc2)C(=O)O)ccc2nc(N[C@@H](Cc3ccccc3)C(=O)N(C)Cc3ccccc3)oc(=O)c12. The lowest BCUT2D eigenvalue weighted by molar-refractivity contribution is -0.131. The molecular formula is C34H33N5O5. The number of anilines is 1. The van der Waals surface area contributed by atoms with E-state index < -0.39 is 17.8 Å². The summed E-state index contributed by atoms with van der Waals surface area (Å²) in [7, 11) is 1.73. The van der Waals surface area contributed by atoms with E-state index in [9.17, 15) is 19.5 Å². The van der Waals surface area contributed by atoms with Crippen molar-refractivity contribution in [1.82, 2.24) is 19.8 Å². The van der Waals surface area contributed by atoms with Crippen LogP contribution in [-0.4, -0.2) is 50.0 Å². The monoisotopic (exact) mass is 591 g/mol. The molecule has 224 valence electrons. The van der Waals surface area contributed by atoms with Crippen LogP contribution in [0.2, 0.25) is 0 Å². The molecule has 0 saturated heterocycles. The largest absolute Gasteiger partial charge is 0.465 e. The molecule has 0 radical (unpaired) electrons. The van der Waals surface area contributed by atoms with Crippen LogP contribution >= 0.6 is 0 Å². The van der Waals surface area contributed by atoms with E-state index in [1.54, 1.807) is 55.5 Å². The summed E-state index contributed by atoms with van der Waals surface area (Å²) in [6.45, 7) is 2.37. The minimum absolute atomic E-state index is 0.0623. The second kappa shape index (κ2) is 13.6. The van der Waals surface area contributed by atoms with Crippen molar-refractivity contribution in [3.05, 3.63) is 136 Å². The third-order valence-electron chi connectivity index (χ3n) is 7.42. The van der Waals surface area contributed by atoms with Crippen molar-refractivity contribution in [2.75, 3.05) is 12.4 Å². The number of carbonyl (C=O) groups is 2. The van der Waals surface area contributed by atoms with Gasteiger partial charge >= 0.3 is 11.7 Å². The maximum Gasteiger partial charge on any atom is 0.407 e. The molecule has 0 aliphatic carbocycles. The van der Waals surface area contributed by atoms with Gasteiger partial charge in [-0.2, -0.15) is 4.98 Å². The Bertz CT molecular complexity index is 1800. The van der Waals surface area contributed by atoms with E-state index in [2.05, 4.69) is 15.3 Å². The van der Waals surface area contributed by atoms with Gasteiger partial charge in [0, 0.05) is 39.0 Å². The first-order chi connectivity index (χ1) is 21.3. The van der Waals surface area contributed by atoms with Crippen molar-refractivity contribution in [2.45, 2.75) is 39.0 Å². The number of hydrogen-bond acceptors (Lipinski definition) is 7. The average Bonchev–Trinajstić information content (AvgIpc) is 3.02. The van der Waals surface area contributed by atoms with Gasteiger partial charge in [0.15, 0.2) is 0 Å². The third-order valence-corrected chi connectivity index (χ3v) is 7.42. The first-order valence-electron chi connectivity index (χ1n) is 14.2. The zero-order valence-corrected chi connectivity index (χ0v) is 24.5. The van der Waals surface area contributed by atoms with Gasteiger partial charge in [-0.05, 0) is 46.9 Å². The Morgan fingerprint density at radius 3 is 2.23 bits per heavy atom. The van der Waals surface area contributed by atoms with E-state index in [4.69, 9.17) is 4.42 Å². The summed E-state index contributed by atoms with van der Waals surface area (Å²) in [6.07, 6.45) is 2.50. The number of fused-ring (bicyclic) bond motifs is 1. The van der Waals surface area contributed by atoms with Crippen molar-refractivity contribution in [2.24, 2.45) is 0 Å². The first kappa shape index (κ1) is 30.0. The van der Waals surface area contributed by atoms with E-state index in [1.807, 2.05) is 60.7 Å². The molecule has 3 aromatic carbocycles. The number of pyridine rings is 1. The zero-order valence-electron chi connectivity index (χ0n) is 24.5. The Morgan fingerprint density at radius 1 is 0.886 bits per heavy atom. The van der Waals surface area contributed by atoms with Crippen molar-refractivity contribution < 1.29 is 19.1 Å². The van der Waals surface area contributed by atoms with Crippen molar-refractivity contribution in [3.8, 4) is 0 Å². The Balaban J connectivity index is 1.40. The Kier molecular flexibility index (Phi) is 9.29. The van der Waals surface area contributed by atoms with Gasteiger partial charge in [0.25, 0.3) is 6.01 Å². The molecule has 10 heteroatoms. The number of likely N-dealkylation sites (N-methyl/N-ethyl adjacent to an activating group) is 1. The quantitative estimate of drug-likeness (QED) is 0.213. The number of rotatable bonds is 11. The second-order valence-corrected chi connectivity index (χ2v) is 10.6. The Labute approximate surface area is 254 Å². The van der Waals surface area contributed by atoms with Crippen molar-refractivity contribution >= 4 is 28.9 Å². The Hall–Kier alpha value is -5.51. The summed E-state index contributed by atoms with van der Waals surface area (Å²) in [6, 6.07) is 25.4. The summed E-state index contributed by atoms with van der Waals surface area (Å²) in [4.78, 5) is 50.4. The van der Waals surface area contributed by atoms with E-state index in [0.29, 0.717) is 29.6 Å². The van der Waals surface area contributed by atoms with Gasteiger partial charge in [0.2, 0.25) is 5.91 Å². The molecule has 2 amide bonds. The van der Waals surface area contributed by atoms with Gasteiger partial charge < -0.3 is 19.7 Å². The van der Waals surface area contributed by atoms with Gasteiger partial charge in [-0.1, -0.05) is 72.8 Å². The second-order valence-electron chi connectivity index (χ2n) is 10.6. The molecule has 5 rings (SSSR count). The highest BCUT2D eigenvalue weighted by atomic mass is 16.4. The molecule has 0 aliphatic rings. The van der Waals surface area contributed by atoms with Crippen molar-refractivity contribution in [1.29, 1.82) is 0 Å². The van der Waals surface area contributed by atoms with Gasteiger partial charge in [0.05, 0.1) is 17.4 Å². The molecule has 0 aliphatic heterocycles. The summed E-state index contributed by atoms with van der Waals surface area (Å²) in [5.74, 6) is -0.184. The average molecular weight is 592 g/mol. The fourth-order valence-corrected chi connectivity index (χ4v) is 5.10. The standard InChI is InChI=1S/C34H33N5O5/c1-23-27(22-39(34(42)43)21-26-14-9-17-35-19-26)15-16-28-30(23)32(41)44-33(36-28)37-29(18-24-10-5-3-6-11-24)31(40)38(2)20-25-12-7-4-8-13-25/h3-17,19,29H,18,20-22H2,1-2H3,(H,36,37)(H,42,43)/t29-/m0/s1. The van der Waals surface area contributed by atoms with E-state index in [0.717, 1.165) is 16.7 Å². The van der Waals surface area contributed by atoms with E-state index in [1.165, 1.54) is 4.90 Å². The lowest BCUT2D eigenvalue weighted by atomic mass is 10.0. The van der Waals surface area contributed by atoms with Crippen LogP contribution < -0.4 is 10.9 Å². The maximum atomic E-state index is 13.7. The number of aromatic nitrogens is 2. The Morgan fingerprint density at radius 2 is 1.57 bits per heavy atom. The number of aryl methyl sites for hydroxylation is 1. The van der Waals surface area contributed by atoms with E-state index >= 15 is 0 Å². The predicted octanol–water partition coefficient (Wildman–Crippen LogP) is 5.25. The summed E-state index contributed by atoms with van der Waals surface area (Å²) in [5.41, 5.74) is 3.65. The van der Waals surface area contributed by atoms with Crippen LogP contribution in [0.25, 0.3) is 10.9 Å². The smallest absolute Gasteiger partial charge is 0.407 e. The fourth-order valence-electron chi connectivity index (χ4n) is 5.10. The number of hydrogen-bond donors (Lipinski definition) is 2. The summed E-state index contributed by atoms with van der Waals surface area (Å²) >= 11 is 0. The van der Waals surface area contributed by atoms with Crippen LogP contribution in [0.3, 0.4) is 0 Å². The lowest BCUT2D eigenvalue weighted by Gasteiger charge is -2.25. The normalized spacial score (nSPS) is 11.6. The molecule has 0 unspecified atom stereocenters. The highest BCUT2D eigenvalue weighted by molar-refractivity contribution is 5.85. The number of carboxylic acid groups (broad SMARTS) is 1. The van der Waals surface area contributed by atoms with Crippen LogP contribution in [0.1, 0.15) is 27.8 Å². The molecule has 0 spiro atoms. The highest BCUT2D eigenvalue weighted by Crippen LogP contribution is 2.22. The molecule has 5 aromatic rings. The van der Waals surface area contributed by atoms with Gasteiger partial charge in [0.1, 0.15) is 6.04 Å². The van der Waals surface area contributed by atoms with Crippen molar-refractivity contribution in [3.63, 3.8) is 0 Å². The summed E-state index contributed by atoms with van der Waals surface area (Å²) in [5, 5.41) is 13.2. The molecule has 10 nitrogen and oxygen atoms in total. The third kappa shape index (κ3) is 7.27. The molecule has 44 heavy (non-hydrogen) atoms. The van der Waals surface area contributed by atoms with Crippen LogP contribution in [-0.2, 0) is 30.8 Å². The van der Waals surface area contributed by atoms with Crippen LogP contribution in [0.15, 0.2) is 107 Å². The number of carbonyl (C=O) groups excluding carboxylic acids is 1. The first-order valence-corrected chi connectivity index (χ1v) is 14.2. The lowest BCUT2D eigenvalue weighted by Crippen LogP contribution is -2.42. The maximum absolute atomic E-state index is 13.7. The zero-order chi connectivity index (χ0) is 31.1. The topological polar surface area (TPSA) is 129 Å². The van der Waals surface area contributed by atoms with Gasteiger partial charge in [-0.25, -0.2) is 9.59 Å². The number of benzene rings is 3. The van der Waals surface area contributed by atoms with Crippen LogP contribution in [0, 0.1) is 6.92 Å². The van der Waals surface area contributed by atoms with Crippen LogP contribution in [0.4, 0.5) is 10.8 Å². The molecule has 2 heterocycles. The predicted molar refractivity (Wildman–Crippen MR) is 167 cm³/mol. The summed E-state index contributed by atoms with van der Waals surface area (Å²) < 4.78 is 5.60. The highest BCUT2D eigenvalue weighted by Gasteiger charge is 2.25. The minimum Gasteiger partial charge on any atom is -0.465 e. The molecule has 2 aromatic heterocycles. The number of nitrogens with zero attached hydrogens (tertiary/aromatic N) is 4. The number of nitrogens with one attached hydrogen (secondary N) is 1. The van der Waals surface area contributed by atoms with Crippen LogP contribution in [0.5, 0.6) is 0 Å². The molecule has 2 N–H and O–H groups in total. The fraction of sp³-hybridized carbons (Fsp3) is 0.206. The molecule has 1 atom stereocenters. The molecule has 0 saturated carbocycles. The van der Waals surface area contributed by atoms with E-state index in [-0.39, 0.29) is 30.4 Å². The molecule has 0 bridgehead atoms. The molecular weight excluding hydrogens is 558 g/mol. The number of amides is 2. The van der Waals surface area contributed by atoms with Gasteiger partial charge in [-0.3, -0.25) is 14.7 Å².